The fourth-order valence-corrected chi connectivity index (χ4v) is 2.34. The minimum atomic E-state index is -0.339. The number of aryl methyl sites for hydroxylation is 1. The number of fused-ring (bicyclic) bond motifs is 1. The Balaban J connectivity index is 0.00000120. The monoisotopic (exact) mass is 323 g/mol. The minimum Gasteiger partial charge on any atom is -0.422 e. The quantitative estimate of drug-likeness (QED) is 0.640. The molecule has 0 bridgehead atoms. The summed E-state index contributed by atoms with van der Waals surface area (Å²) in [6.45, 7) is 1.91. The molecule has 2 aromatic heterocycles. The summed E-state index contributed by atoms with van der Waals surface area (Å²) in [5, 5.41) is 3.72. The molecule has 3 nitrogen and oxygen atoms in total. The molecule has 0 amide bonds. The first-order chi connectivity index (χ1) is 8.24. The molecule has 0 spiro atoms. The zero-order valence-corrected chi connectivity index (χ0v) is 12.1. The van der Waals surface area contributed by atoms with Gasteiger partial charge in [0, 0.05) is 10.8 Å². The molecule has 0 saturated carbocycles. The average molecular weight is 324 g/mol. The van der Waals surface area contributed by atoms with Crippen molar-refractivity contribution in [3.8, 4) is 11.3 Å². The van der Waals surface area contributed by atoms with Gasteiger partial charge in [0.05, 0.1) is 16.3 Å². The first-order valence-electron chi connectivity index (χ1n) is 5.19. The molecular weight excluding hydrogens is 314 g/mol. The van der Waals surface area contributed by atoms with Crippen LogP contribution in [0.2, 0.25) is 0 Å². The number of benzene rings is 1. The molecule has 0 radical (unpaired) electrons. The lowest BCUT2D eigenvalue weighted by Crippen LogP contribution is -2.02. The van der Waals surface area contributed by atoms with Gasteiger partial charge < -0.3 is 4.42 Å². The average Bonchev–Trinajstić information content (AvgIpc) is 2.75. The predicted octanol–water partition coefficient (Wildman–Crippen LogP) is 3.80. The molecule has 3 aromatic rings. The molecule has 0 fully saturated rings. The molecule has 0 aliphatic carbocycles. The molecule has 2 heterocycles. The van der Waals surface area contributed by atoms with Gasteiger partial charge in [-0.05, 0) is 19.1 Å². The fraction of sp³-hybridized carbons (Fsp3) is 0.0769. The number of hydrogen-bond donors (Lipinski definition) is 0. The predicted molar refractivity (Wildman–Crippen MR) is 78.7 cm³/mol. The van der Waals surface area contributed by atoms with Gasteiger partial charge in [-0.15, -0.1) is 28.3 Å². The van der Waals surface area contributed by atoms with Gasteiger partial charge in [-0.1, -0.05) is 18.2 Å². The molecule has 18 heavy (non-hydrogen) atoms. The van der Waals surface area contributed by atoms with Crippen LogP contribution in [0.5, 0.6) is 0 Å². The Morgan fingerprint density at radius 3 is 2.78 bits per heavy atom. The minimum absolute atomic E-state index is 0. The van der Waals surface area contributed by atoms with Gasteiger partial charge in [0.15, 0.2) is 0 Å². The van der Waals surface area contributed by atoms with E-state index < -0.39 is 0 Å². The molecule has 0 saturated heterocycles. The molecule has 1 aromatic carbocycles. The van der Waals surface area contributed by atoms with Crippen molar-refractivity contribution in [3.63, 3.8) is 0 Å². The molecule has 0 N–H and O–H groups in total. The molecular formula is C13H10BrNO2S. The van der Waals surface area contributed by atoms with E-state index in [0.717, 1.165) is 10.4 Å². The Hall–Kier alpha value is -1.46. The Labute approximate surface area is 118 Å². The molecule has 0 atom stereocenters. The molecule has 92 valence electrons. The first-order valence-corrected chi connectivity index (χ1v) is 6.07. The third-order valence-electron chi connectivity index (χ3n) is 2.54. The Morgan fingerprint density at radius 2 is 2.06 bits per heavy atom. The van der Waals surface area contributed by atoms with E-state index in [0.29, 0.717) is 16.8 Å². The van der Waals surface area contributed by atoms with E-state index in [1.807, 2.05) is 36.6 Å². The van der Waals surface area contributed by atoms with Crippen molar-refractivity contribution < 1.29 is 4.42 Å². The van der Waals surface area contributed by atoms with Gasteiger partial charge in [0.25, 0.3) is 0 Å². The summed E-state index contributed by atoms with van der Waals surface area (Å²) in [4.78, 5) is 16.1. The summed E-state index contributed by atoms with van der Waals surface area (Å²) in [5.74, 6) is 0. The van der Waals surface area contributed by atoms with Crippen LogP contribution >= 0.6 is 28.3 Å². The highest BCUT2D eigenvalue weighted by Crippen LogP contribution is 2.22. The molecule has 5 heteroatoms. The Morgan fingerprint density at radius 1 is 1.28 bits per heavy atom. The normalized spacial score (nSPS) is 10.3. The maximum Gasteiger partial charge on any atom is 0.345 e. The summed E-state index contributed by atoms with van der Waals surface area (Å²) in [6.07, 6.45) is 0. The van der Waals surface area contributed by atoms with E-state index in [2.05, 4.69) is 4.98 Å². The van der Waals surface area contributed by atoms with Crippen molar-refractivity contribution in [2.75, 3.05) is 0 Å². The van der Waals surface area contributed by atoms with E-state index in [1.165, 1.54) is 11.3 Å². The maximum atomic E-state index is 11.8. The fourth-order valence-electron chi connectivity index (χ4n) is 1.73. The number of para-hydroxylation sites is 1. The zero-order valence-electron chi connectivity index (χ0n) is 9.54. The van der Waals surface area contributed by atoms with Gasteiger partial charge in [-0.2, -0.15) is 0 Å². The second kappa shape index (κ2) is 5.04. The van der Waals surface area contributed by atoms with Crippen molar-refractivity contribution in [3.05, 3.63) is 51.1 Å². The molecule has 0 unspecified atom stereocenters. The molecule has 3 rings (SSSR count). The van der Waals surface area contributed by atoms with Crippen molar-refractivity contribution in [1.29, 1.82) is 0 Å². The van der Waals surface area contributed by atoms with Crippen LogP contribution in [0.1, 0.15) is 5.01 Å². The summed E-state index contributed by atoms with van der Waals surface area (Å²) in [7, 11) is 0. The standard InChI is InChI=1S/C13H9NO2S.BrH/c1-8-14-11(7-17-8)10-6-9-4-2-3-5-12(9)16-13(10)15;/h2-7H,1H3;1H. The Bertz CT molecular complexity index is 748. The lowest BCUT2D eigenvalue weighted by atomic mass is 10.1. The maximum absolute atomic E-state index is 11.8. The van der Waals surface area contributed by atoms with E-state index in [1.54, 1.807) is 6.07 Å². The number of rotatable bonds is 1. The van der Waals surface area contributed by atoms with Gasteiger partial charge in [-0.3, -0.25) is 0 Å². The SMILES string of the molecule is Br.Cc1nc(-c2cc3ccccc3oc2=O)cs1. The first kappa shape index (κ1) is 13.0. The van der Waals surface area contributed by atoms with Crippen LogP contribution < -0.4 is 5.63 Å². The molecule has 0 aliphatic heterocycles. The van der Waals surface area contributed by atoms with Crippen LogP contribution in [-0.4, -0.2) is 4.98 Å². The second-order valence-corrected chi connectivity index (χ2v) is 4.80. The smallest absolute Gasteiger partial charge is 0.345 e. The highest BCUT2D eigenvalue weighted by molar-refractivity contribution is 8.93. The van der Waals surface area contributed by atoms with Crippen LogP contribution in [0, 0.1) is 6.92 Å². The largest absolute Gasteiger partial charge is 0.422 e. The number of nitrogens with zero attached hydrogens (tertiary/aromatic N) is 1. The van der Waals surface area contributed by atoms with Crippen molar-refractivity contribution >= 4 is 39.3 Å². The summed E-state index contributed by atoms with van der Waals surface area (Å²) < 4.78 is 5.27. The van der Waals surface area contributed by atoms with E-state index >= 15 is 0 Å². The Kier molecular flexibility index (Phi) is 3.63. The van der Waals surface area contributed by atoms with Crippen molar-refractivity contribution in [2.24, 2.45) is 0 Å². The highest BCUT2D eigenvalue weighted by atomic mass is 79.9. The number of hydrogen-bond acceptors (Lipinski definition) is 4. The van der Waals surface area contributed by atoms with Gasteiger partial charge in [-0.25, -0.2) is 9.78 Å². The van der Waals surface area contributed by atoms with E-state index in [4.69, 9.17) is 4.42 Å². The number of halogens is 1. The van der Waals surface area contributed by atoms with Crippen LogP contribution in [0.4, 0.5) is 0 Å². The van der Waals surface area contributed by atoms with Crippen molar-refractivity contribution in [1.82, 2.24) is 4.98 Å². The van der Waals surface area contributed by atoms with Crippen molar-refractivity contribution in [2.45, 2.75) is 6.92 Å². The second-order valence-electron chi connectivity index (χ2n) is 3.74. The summed E-state index contributed by atoms with van der Waals surface area (Å²) in [5.41, 5.74) is 1.47. The number of aromatic nitrogens is 1. The summed E-state index contributed by atoms with van der Waals surface area (Å²) in [6, 6.07) is 9.29. The molecule has 0 aliphatic rings. The third-order valence-corrected chi connectivity index (χ3v) is 3.31. The third kappa shape index (κ3) is 2.23. The van der Waals surface area contributed by atoms with E-state index in [-0.39, 0.29) is 22.6 Å². The van der Waals surface area contributed by atoms with Gasteiger partial charge >= 0.3 is 5.63 Å². The van der Waals surface area contributed by atoms with Gasteiger partial charge in [0.2, 0.25) is 0 Å². The topological polar surface area (TPSA) is 43.1 Å². The van der Waals surface area contributed by atoms with Crippen LogP contribution in [-0.2, 0) is 0 Å². The van der Waals surface area contributed by atoms with Gasteiger partial charge in [0.1, 0.15) is 5.58 Å². The van der Waals surface area contributed by atoms with E-state index in [9.17, 15) is 4.79 Å². The lowest BCUT2D eigenvalue weighted by molar-refractivity contribution is 0.563. The van der Waals surface area contributed by atoms with Crippen LogP contribution in [0.15, 0.2) is 44.9 Å². The summed E-state index contributed by atoms with van der Waals surface area (Å²) >= 11 is 1.52. The number of thiazole rings is 1. The lowest BCUT2D eigenvalue weighted by Gasteiger charge is -1.98. The zero-order chi connectivity index (χ0) is 11.8. The van der Waals surface area contributed by atoms with Crippen LogP contribution in [0.3, 0.4) is 0 Å². The highest BCUT2D eigenvalue weighted by Gasteiger charge is 2.09. The van der Waals surface area contributed by atoms with Crippen LogP contribution in [0.25, 0.3) is 22.2 Å².